The van der Waals surface area contributed by atoms with Gasteiger partial charge in [-0.3, -0.25) is 20.2 Å². The lowest BCUT2D eigenvalue weighted by atomic mass is 10.4. The van der Waals surface area contributed by atoms with E-state index in [1.165, 1.54) is 23.7 Å². The number of rotatable bonds is 3. The summed E-state index contributed by atoms with van der Waals surface area (Å²) in [6, 6.07) is 2.64. The SMILES string of the molecule is CC(=O)Nc1nc(-c2ccc([N+](=O)[O-])o2)n(C)n1. The van der Waals surface area contributed by atoms with E-state index in [-0.39, 0.29) is 29.3 Å². The van der Waals surface area contributed by atoms with E-state index < -0.39 is 4.92 Å². The van der Waals surface area contributed by atoms with Crippen LogP contribution in [0, 0.1) is 10.1 Å². The standard InChI is InChI=1S/C9H9N5O4/c1-5(15)10-9-11-8(13(2)12-9)6-3-4-7(18-6)14(16)17/h3-4H,1-2H3,(H,10,12,15). The fraction of sp³-hybridized carbons (Fsp3) is 0.222. The number of aromatic nitrogens is 3. The first-order valence-electron chi connectivity index (χ1n) is 4.90. The molecule has 9 nitrogen and oxygen atoms in total. The number of furan rings is 1. The van der Waals surface area contributed by atoms with Crippen molar-refractivity contribution in [2.45, 2.75) is 6.92 Å². The normalized spacial score (nSPS) is 10.3. The van der Waals surface area contributed by atoms with Gasteiger partial charge in [0.05, 0.1) is 6.07 Å². The number of nitrogens with one attached hydrogen (secondary N) is 1. The largest absolute Gasteiger partial charge is 0.433 e. The minimum Gasteiger partial charge on any atom is -0.397 e. The Hall–Kier alpha value is -2.71. The molecule has 0 saturated carbocycles. The minimum atomic E-state index is -0.644. The van der Waals surface area contributed by atoms with E-state index >= 15 is 0 Å². The Morgan fingerprint density at radius 2 is 2.28 bits per heavy atom. The van der Waals surface area contributed by atoms with Gasteiger partial charge in [0.25, 0.3) is 0 Å². The second kappa shape index (κ2) is 4.28. The molecule has 18 heavy (non-hydrogen) atoms. The molecule has 0 spiro atoms. The van der Waals surface area contributed by atoms with Crippen LogP contribution in [-0.4, -0.2) is 25.6 Å². The van der Waals surface area contributed by atoms with Crippen LogP contribution in [0.15, 0.2) is 16.5 Å². The van der Waals surface area contributed by atoms with Crippen molar-refractivity contribution in [1.82, 2.24) is 14.8 Å². The Morgan fingerprint density at radius 1 is 1.56 bits per heavy atom. The third-order valence-corrected chi connectivity index (χ3v) is 2.04. The van der Waals surface area contributed by atoms with E-state index in [1.54, 1.807) is 7.05 Å². The van der Waals surface area contributed by atoms with Crippen LogP contribution in [0.3, 0.4) is 0 Å². The Bertz CT molecular complexity index is 614. The van der Waals surface area contributed by atoms with Gasteiger partial charge in [-0.05, 0) is 6.07 Å². The van der Waals surface area contributed by atoms with Gasteiger partial charge >= 0.3 is 5.88 Å². The molecular weight excluding hydrogens is 242 g/mol. The topological polar surface area (TPSA) is 116 Å². The number of carbonyl (C=O) groups is 1. The van der Waals surface area contributed by atoms with Gasteiger partial charge in [-0.25, -0.2) is 4.68 Å². The fourth-order valence-electron chi connectivity index (χ4n) is 1.36. The molecule has 0 aliphatic rings. The lowest BCUT2D eigenvalue weighted by Crippen LogP contribution is -2.07. The molecule has 0 aromatic carbocycles. The number of carbonyl (C=O) groups excluding carboxylic acids is 1. The molecule has 9 heteroatoms. The van der Waals surface area contributed by atoms with E-state index in [2.05, 4.69) is 15.4 Å². The Balaban J connectivity index is 2.34. The Morgan fingerprint density at radius 3 is 2.83 bits per heavy atom. The molecule has 1 N–H and O–H groups in total. The lowest BCUT2D eigenvalue weighted by Gasteiger charge is -1.92. The highest BCUT2D eigenvalue weighted by Gasteiger charge is 2.18. The van der Waals surface area contributed by atoms with Crippen molar-refractivity contribution >= 4 is 17.7 Å². The second-order valence-corrected chi connectivity index (χ2v) is 3.46. The zero-order chi connectivity index (χ0) is 13.3. The molecule has 2 heterocycles. The highest BCUT2D eigenvalue weighted by molar-refractivity contribution is 5.86. The highest BCUT2D eigenvalue weighted by atomic mass is 16.6. The van der Waals surface area contributed by atoms with Crippen LogP contribution < -0.4 is 5.32 Å². The zero-order valence-electron chi connectivity index (χ0n) is 9.58. The van der Waals surface area contributed by atoms with E-state index in [1.807, 2.05) is 0 Å². The molecule has 2 aromatic rings. The maximum Gasteiger partial charge on any atom is 0.433 e. The van der Waals surface area contributed by atoms with Crippen molar-refractivity contribution in [3.05, 3.63) is 22.2 Å². The van der Waals surface area contributed by atoms with Gasteiger partial charge in [0.2, 0.25) is 11.9 Å². The van der Waals surface area contributed by atoms with Crippen LogP contribution in [0.2, 0.25) is 0 Å². The van der Waals surface area contributed by atoms with Crippen LogP contribution in [0.1, 0.15) is 6.92 Å². The zero-order valence-corrected chi connectivity index (χ0v) is 9.58. The van der Waals surface area contributed by atoms with Crippen LogP contribution in [0.25, 0.3) is 11.6 Å². The molecule has 0 fully saturated rings. The van der Waals surface area contributed by atoms with Crippen LogP contribution in [0.5, 0.6) is 0 Å². The van der Waals surface area contributed by atoms with Gasteiger partial charge in [-0.15, -0.1) is 5.10 Å². The first kappa shape index (κ1) is 11.8. The third-order valence-electron chi connectivity index (χ3n) is 2.04. The predicted molar refractivity (Wildman–Crippen MR) is 59.7 cm³/mol. The molecule has 2 aromatic heterocycles. The minimum absolute atomic E-state index is 0.110. The van der Waals surface area contributed by atoms with Crippen molar-refractivity contribution in [3.8, 4) is 11.6 Å². The smallest absolute Gasteiger partial charge is 0.397 e. The molecule has 0 atom stereocenters. The van der Waals surface area contributed by atoms with Crippen LogP contribution in [-0.2, 0) is 11.8 Å². The summed E-state index contributed by atoms with van der Waals surface area (Å²) in [6.07, 6.45) is 0. The average Bonchev–Trinajstić information content (AvgIpc) is 2.83. The summed E-state index contributed by atoms with van der Waals surface area (Å²) in [5.41, 5.74) is 0. The number of hydrogen-bond acceptors (Lipinski definition) is 6. The number of nitrogens with zero attached hydrogens (tertiary/aromatic N) is 4. The predicted octanol–water partition coefficient (Wildman–Crippen LogP) is 0.942. The van der Waals surface area contributed by atoms with Crippen molar-refractivity contribution in [2.24, 2.45) is 7.05 Å². The van der Waals surface area contributed by atoms with Gasteiger partial charge in [-0.2, -0.15) is 4.98 Å². The molecule has 0 saturated heterocycles. The molecular formula is C9H9N5O4. The molecule has 1 amide bonds. The number of hydrogen-bond donors (Lipinski definition) is 1. The number of amides is 1. The molecule has 94 valence electrons. The average molecular weight is 251 g/mol. The molecule has 0 aliphatic heterocycles. The molecule has 0 aliphatic carbocycles. The number of nitro groups is 1. The van der Waals surface area contributed by atoms with E-state index in [4.69, 9.17) is 4.42 Å². The summed E-state index contributed by atoms with van der Waals surface area (Å²) >= 11 is 0. The van der Waals surface area contributed by atoms with Crippen molar-refractivity contribution < 1.29 is 14.1 Å². The second-order valence-electron chi connectivity index (χ2n) is 3.46. The number of anilines is 1. The summed E-state index contributed by atoms with van der Waals surface area (Å²) in [5.74, 6) is -0.0918. The van der Waals surface area contributed by atoms with Crippen molar-refractivity contribution in [1.29, 1.82) is 0 Å². The Labute approximate surface area is 101 Å². The maximum atomic E-state index is 10.9. The van der Waals surface area contributed by atoms with Crippen molar-refractivity contribution in [2.75, 3.05) is 5.32 Å². The lowest BCUT2D eigenvalue weighted by molar-refractivity contribution is -0.401. The highest BCUT2D eigenvalue weighted by Crippen LogP contribution is 2.24. The fourth-order valence-corrected chi connectivity index (χ4v) is 1.36. The van der Waals surface area contributed by atoms with Crippen molar-refractivity contribution in [3.63, 3.8) is 0 Å². The molecule has 0 bridgehead atoms. The Kier molecular flexibility index (Phi) is 2.80. The summed E-state index contributed by atoms with van der Waals surface area (Å²) in [6.45, 7) is 1.33. The monoisotopic (exact) mass is 251 g/mol. The molecule has 0 radical (unpaired) electrons. The third kappa shape index (κ3) is 2.19. The van der Waals surface area contributed by atoms with E-state index in [0.717, 1.165) is 0 Å². The molecule has 2 rings (SSSR count). The summed E-state index contributed by atoms with van der Waals surface area (Å²) in [5, 5.41) is 16.8. The van der Waals surface area contributed by atoms with Gasteiger partial charge in [-0.1, -0.05) is 0 Å². The molecule has 0 unspecified atom stereocenters. The number of aryl methyl sites for hydroxylation is 1. The van der Waals surface area contributed by atoms with E-state index in [9.17, 15) is 14.9 Å². The van der Waals surface area contributed by atoms with Crippen LogP contribution in [0.4, 0.5) is 11.8 Å². The van der Waals surface area contributed by atoms with Crippen LogP contribution >= 0.6 is 0 Å². The first-order valence-corrected chi connectivity index (χ1v) is 4.90. The maximum absolute atomic E-state index is 10.9. The quantitative estimate of drug-likeness (QED) is 0.641. The summed E-state index contributed by atoms with van der Waals surface area (Å²) < 4.78 is 6.35. The van der Waals surface area contributed by atoms with E-state index in [0.29, 0.717) is 0 Å². The van der Waals surface area contributed by atoms with Gasteiger partial charge < -0.3 is 4.42 Å². The van der Waals surface area contributed by atoms with Gasteiger partial charge in [0.15, 0.2) is 11.6 Å². The summed E-state index contributed by atoms with van der Waals surface area (Å²) in [4.78, 5) is 24.7. The van der Waals surface area contributed by atoms with Gasteiger partial charge in [0, 0.05) is 14.0 Å². The first-order chi connectivity index (χ1) is 8.47. The van der Waals surface area contributed by atoms with Gasteiger partial charge in [0.1, 0.15) is 4.92 Å². The summed E-state index contributed by atoms with van der Waals surface area (Å²) in [7, 11) is 1.59.